The lowest BCUT2D eigenvalue weighted by atomic mass is 10.1. The Morgan fingerprint density at radius 1 is 1.00 bits per heavy atom. The van der Waals surface area contributed by atoms with Crippen LogP contribution in [0.5, 0.6) is 0 Å². The normalized spacial score (nSPS) is 14.6. The van der Waals surface area contributed by atoms with Gasteiger partial charge in [-0.05, 0) is 48.7 Å². The fraction of sp³-hybridized carbons (Fsp3) is 0.435. The Hall–Kier alpha value is -3.10. The minimum Gasteiger partial charge on any atom is -0.353 e. The molecule has 32 heavy (non-hydrogen) atoms. The van der Waals surface area contributed by atoms with Crippen LogP contribution in [0, 0.1) is 5.92 Å². The Bertz CT molecular complexity index is 920. The van der Waals surface area contributed by atoms with Crippen LogP contribution in [0.4, 0.5) is 19.0 Å². The van der Waals surface area contributed by atoms with Crippen molar-refractivity contribution in [2.45, 2.75) is 26.4 Å². The largest absolute Gasteiger partial charge is 0.416 e. The molecule has 1 aromatic carbocycles. The summed E-state index contributed by atoms with van der Waals surface area (Å²) >= 11 is 0. The van der Waals surface area contributed by atoms with Crippen LogP contribution in [-0.2, 0) is 6.18 Å². The lowest BCUT2D eigenvalue weighted by Gasteiger charge is -2.35. The van der Waals surface area contributed by atoms with Crippen LogP contribution in [0.1, 0.15) is 46.5 Å². The van der Waals surface area contributed by atoms with E-state index < -0.39 is 11.7 Å². The highest BCUT2D eigenvalue weighted by Gasteiger charge is 2.30. The van der Waals surface area contributed by atoms with Crippen LogP contribution in [-0.4, -0.2) is 54.4 Å². The van der Waals surface area contributed by atoms with Crippen LogP contribution in [0.2, 0.25) is 0 Å². The van der Waals surface area contributed by atoms with Crippen molar-refractivity contribution < 1.29 is 22.8 Å². The van der Waals surface area contributed by atoms with Crippen LogP contribution in [0.25, 0.3) is 0 Å². The maximum Gasteiger partial charge on any atom is 0.416 e. The molecule has 1 aromatic heterocycles. The predicted molar refractivity (Wildman–Crippen MR) is 116 cm³/mol. The van der Waals surface area contributed by atoms with E-state index in [-0.39, 0.29) is 17.4 Å². The highest BCUT2D eigenvalue weighted by atomic mass is 19.4. The first-order valence-electron chi connectivity index (χ1n) is 10.6. The highest BCUT2D eigenvalue weighted by molar-refractivity contribution is 5.95. The third-order valence-corrected chi connectivity index (χ3v) is 5.37. The zero-order valence-electron chi connectivity index (χ0n) is 18.2. The summed E-state index contributed by atoms with van der Waals surface area (Å²) in [5.41, 5.74) is -0.0481. The molecule has 0 radical (unpaired) electrons. The SMILES string of the molecule is CC(C)CCNC(=O)c1ccc(N2CCN(C(=O)c3ccc(C(F)(F)F)cc3)CC2)nc1. The first-order valence-corrected chi connectivity index (χ1v) is 10.6. The van der Waals surface area contributed by atoms with Crippen molar-refractivity contribution >= 4 is 17.6 Å². The Labute approximate surface area is 185 Å². The highest BCUT2D eigenvalue weighted by Crippen LogP contribution is 2.29. The number of nitrogens with one attached hydrogen (secondary N) is 1. The first-order chi connectivity index (χ1) is 15.1. The minimum atomic E-state index is -4.43. The van der Waals surface area contributed by atoms with Crippen LogP contribution in [0.3, 0.4) is 0 Å². The zero-order chi connectivity index (χ0) is 23.3. The number of anilines is 1. The summed E-state index contributed by atoms with van der Waals surface area (Å²) in [7, 11) is 0. The van der Waals surface area contributed by atoms with Crippen molar-refractivity contribution in [3.8, 4) is 0 Å². The molecule has 0 unspecified atom stereocenters. The van der Waals surface area contributed by atoms with Crippen molar-refractivity contribution in [2.24, 2.45) is 5.92 Å². The number of halogens is 3. The van der Waals surface area contributed by atoms with Gasteiger partial charge in [0, 0.05) is 44.5 Å². The van der Waals surface area contributed by atoms with E-state index in [4.69, 9.17) is 0 Å². The molecule has 0 spiro atoms. The Morgan fingerprint density at radius 2 is 1.62 bits per heavy atom. The van der Waals surface area contributed by atoms with Gasteiger partial charge in [-0.3, -0.25) is 9.59 Å². The molecule has 1 aliphatic rings. The lowest BCUT2D eigenvalue weighted by molar-refractivity contribution is -0.137. The predicted octanol–water partition coefficient (Wildman–Crippen LogP) is 3.84. The van der Waals surface area contributed by atoms with Gasteiger partial charge in [-0.1, -0.05) is 13.8 Å². The smallest absolute Gasteiger partial charge is 0.353 e. The Balaban J connectivity index is 1.53. The topological polar surface area (TPSA) is 65.5 Å². The van der Waals surface area contributed by atoms with Gasteiger partial charge in [-0.25, -0.2) is 4.98 Å². The molecular formula is C23H27F3N4O2. The van der Waals surface area contributed by atoms with E-state index in [1.807, 2.05) is 4.90 Å². The molecule has 0 bridgehead atoms. The summed E-state index contributed by atoms with van der Waals surface area (Å²) in [4.78, 5) is 32.8. The summed E-state index contributed by atoms with van der Waals surface area (Å²) in [6.45, 7) is 6.75. The first kappa shape index (κ1) is 23.6. The maximum absolute atomic E-state index is 12.7. The molecular weight excluding hydrogens is 421 g/mol. The molecule has 0 aliphatic carbocycles. The minimum absolute atomic E-state index is 0.156. The standard InChI is InChI=1S/C23H27F3N4O2/c1-16(2)9-10-27-21(31)18-5-8-20(28-15-18)29-11-13-30(14-12-29)22(32)17-3-6-19(7-4-17)23(24,25)26/h3-8,15-16H,9-14H2,1-2H3,(H,27,31). The molecule has 1 fully saturated rings. The van der Waals surface area contributed by atoms with Gasteiger partial charge in [0.05, 0.1) is 11.1 Å². The number of piperazine rings is 1. The second-order valence-corrected chi connectivity index (χ2v) is 8.20. The number of aromatic nitrogens is 1. The van der Waals surface area contributed by atoms with Gasteiger partial charge in [0.25, 0.3) is 11.8 Å². The number of alkyl halides is 3. The van der Waals surface area contributed by atoms with Gasteiger partial charge in [0.15, 0.2) is 0 Å². The Morgan fingerprint density at radius 3 is 2.16 bits per heavy atom. The average molecular weight is 448 g/mol. The second kappa shape index (κ2) is 10.0. The summed E-state index contributed by atoms with van der Waals surface area (Å²) in [5.74, 6) is 0.780. The molecule has 0 atom stereocenters. The molecule has 3 rings (SSSR count). The number of hydrogen-bond donors (Lipinski definition) is 1. The van der Waals surface area contributed by atoms with Gasteiger partial charge in [0.2, 0.25) is 0 Å². The average Bonchev–Trinajstić information content (AvgIpc) is 2.78. The van der Waals surface area contributed by atoms with Crippen LogP contribution >= 0.6 is 0 Å². The van der Waals surface area contributed by atoms with E-state index in [1.165, 1.54) is 12.1 Å². The number of hydrogen-bond acceptors (Lipinski definition) is 4. The molecule has 1 saturated heterocycles. The van der Waals surface area contributed by atoms with Gasteiger partial charge < -0.3 is 15.1 Å². The fourth-order valence-electron chi connectivity index (χ4n) is 3.41. The van der Waals surface area contributed by atoms with Gasteiger partial charge in [-0.15, -0.1) is 0 Å². The quantitative estimate of drug-likeness (QED) is 0.729. The molecule has 0 saturated carbocycles. The van der Waals surface area contributed by atoms with Crippen LogP contribution in [0.15, 0.2) is 42.6 Å². The van der Waals surface area contributed by atoms with Crippen molar-refractivity contribution in [1.29, 1.82) is 0 Å². The molecule has 1 N–H and O–H groups in total. The summed E-state index contributed by atoms with van der Waals surface area (Å²) in [6, 6.07) is 7.79. The lowest BCUT2D eigenvalue weighted by Crippen LogP contribution is -2.49. The number of nitrogens with zero attached hydrogens (tertiary/aromatic N) is 3. The summed E-state index contributed by atoms with van der Waals surface area (Å²) < 4.78 is 38.1. The zero-order valence-corrected chi connectivity index (χ0v) is 18.2. The Kier molecular flexibility index (Phi) is 7.37. The van der Waals surface area contributed by atoms with E-state index >= 15 is 0 Å². The monoisotopic (exact) mass is 448 g/mol. The van der Waals surface area contributed by atoms with Crippen LogP contribution < -0.4 is 10.2 Å². The molecule has 172 valence electrons. The third-order valence-electron chi connectivity index (χ3n) is 5.37. The molecule has 1 aliphatic heterocycles. The van der Waals surface area contributed by atoms with E-state index in [9.17, 15) is 22.8 Å². The van der Waals surface area contributed by atoms with E-state index in [1.54, 1.807) is 23.2 Å². The van der Waals surface area contributed by atoms with E-state index in [0.717, 1.165) is 18.6 Å². The number of pyridine rings is 1. The number of benzene rings is 1. The number of amides is 2. The molecule has 6 nitrogen and oxygen atoms in total. The summed E-state index contributed by atoms with van der Waals surface area (Å²) in [6.07, 6.45) is -1.98. The van der Waals surface area contributed by atoms with Crippen molar-refractivity contribution in [3.05, 3.63) is 59.3 Å². The molecule has 2 amide bonds. The fourth-order valence-corrected chi connectivity index (χ4v) is 3.41. The number of rotatable bonds is 6. The van der Waals surface area contributed by atoms with Gasteiger partial charge >= 0.3 is 6.18 Å². The maximum atomic E-state index is 12.7. The van der Waals surface area contributed by atoms with Gasteiger partial charge in [-0.2, -0.15) is 13.2 Å². The van der Waals surface area contributed by atoms with Crippen molar-refractivity contribution in [1.82, 2.24) is 15.2 Å². The summed E-state index contributed by atoms with van der Waals surface area (Å²) in [5, 5.41) is 2.88. The van der Waals surface area contributed by atoms with E-state index in [2.05, 4.69) is 24.1 Å². The second-order valence-electron chi connectivity index (χ2n) is 8.20. The molecule has 9 heteroatoms. The van der Waals surface area contributed by atoms with E-state index in [0.29, 0.717) is 50.0 Å². The van der Waals surface area contributed by atoms with Crippen molar-refractivity contribution in [2.75, 3.05) is 37.6 Å². The third kappa shape index (κ3) is 5.99. The molecule has 2 aromatic rings. The molecule has 2 heterocycles. The van der Waals surface area contributed by atoms with Gasteiger partial charge in [0.1, 0.15) is 5.82 Å². The van der Waals surface area contributed by atoms with Crippen molar-refractivity contribution in [3.63, 3.8) is 0 Å². The number of carbonyl (C=O) groups excluding carboxylic acids is 2. The number of carbonyl (C=O) groups is 2.